The molecule has 0 unspecified atom stereocenters. The maximum atomic E-state index is 5.34. The van der Waals surface area contributed by atoms with Crippen molar-refractivity contribution in [2.45, 2.75) is 46.5 Å². The number of hydrogen-bond donors (Lipinski definition) is 2. The molecule has 0 aliphatic heterocycles. The predicted molar refractivity (Wildman–Crippen MR) is 84.4 cm³/mol. The second-order valence-electron chi connectivity index (χ2n) is 4.70. The molecule has 0 aliphatic rings. The first kappa shape index (κ1) is 16.7. The summed E-state index contributed by atoms with van der Waals surface area (Å²) in [4.78, 5) is 8.75. The molecule has 0 saturated heterocycles. The maximum absolute atomic E-state index is 5.34. The highest BCUT2D eigenvalue weighted by molar-refractivity contribution is 5.57. The molecule has 0 aromatic carbocycles. The average molecular weight is 280 g/mol. The molecular weight excluding hydrogens is 252 g/mol. The van der Waals surface area contributed by atoms with Crippen LogP contribution in [0.3, 0.4) is 0 Å². The van der Waals surface area contributed by atoms with Crippen molar-refractivity contribution in [1.82, 2.24) is 9.97 Å². The van der Waals surface area contributed by atoms with E-state index in [1.807, 2.05) is 6.92 Å². The van der Waals surface area contributed by atoms with Gasteiger partial charge in [0.1, 0.15) is 18.0 Å². The summed E-state index contributed by atoms with van der Waals surface area (Å²) >= 11 is 0. The zero-order valence-corrected chi connectivity index (χ0v) is 13.0. The summed E-state index contributed by atoms with van der Waals surface area (Å²) < 4.78 is 5.34. The summed E-state index contributed by atoms with van der Waals surface area (Å²) in [5.41, 5.74) is 1.19. The van der Waals surface area contributed by atoms with Gasteiger partial charge in [-0.3, -0.25) is 0 Å². The Morgan fingerprint density at radius 1 is 1.00 bits per heavy atom. The van der Waals surface area contributed by atoms with Crippen LogP contribution in [0.4, 0.5) is 11.6 Å². The first-order chi connectivity index (χ1) is 9.83. The fraction of sp³-hybridized carbons (Fsp3) is 0.733. The van der Waals surface area contributed by atoms with Crippen molar-refractivity contribution in [2.24, 2.45) is 0 Å². The van der Waals surface area contributed by atoms with Gasteiger partial charge < -0.3 is 15.4 Å². The minimum absolute atomic E-state index is 0.777. The van der Waals surface area contributed by atoms with Crippen LogP contribution < -0.4 is 10.6 Å². The number of nitrogens with zero attached hydrogens (tertiary/aromatic N) is 2. The number of anilines is 2. The van der Waals surface area contributed by atoms with Crippen LogP contribution in [0.5, 0.6) is 0 Å². The molecule has 20 heavy (non-hydrogen) atoms. The van der Waals surface area contributed by atoms with Crippen molar-refractivity contribution >= 4 is 11.6 Å². The van der Waals surface area contributed by atoms with Gasteiger partial charge in [0.25, 0.3) is 0 Å². The molecule has 114 valence electrons. The lowest BCUT2D eigenvalue weighted by atomic mass is 10.1. The maximum Gasteiger partial charge on any atom is 0.134 e. The van der Waals surface area contributed by atoms with Gasteiger partial charge in [0.15, 0.2) is 0 Å². The van der Waals surface area contributed by atoms with E-state index >= 15 is 0 Å². The fourth-order valence-corrected chi connectivity index (χ4v) is 1.97. The number of aromatic nitrogens is 2. The largest absolute Gasteiger partial charge is 0.382 e. The van der Waals surface area contributed by atoms with Crippen molar-refractivity contribution in [3.63, 3.8) is 0 Å². The second kappa shape index (κ2) is 10.4. The molecule has 0 spiro atoms. The third-order valence-electron chi connectivity index (χ3n) is 2.95. The molecule has 1 heterocycles. The summed E-state index contributed by atoms with van der Waals surface area (Å²) in [6.45, 7) is 9.73. The molecule has 1 aromatic heterocycles. The Bertz CT molecular complexity index is 371. The quantitative estimate of drug-likeness (QED) is 0.610. The molecule has 0 saturated carbocycles. The fourth-order valence-electron chi connectivity index (χ4n) is 1.97. The van der Waals surface area contributed by atoms with Gasteiger partial charge in [-0.05, 0) is 26.2 Å². The predicted octanol–water partition coefficient (Wildman–Crippen LogP) is 3.09. The Morgan fingerprint density at radius 2 is 1.70 bits per heavy atom. The molecule has 1 aromatic rings. The highest BCUT2D eigenvalue weighted by Gasteiger charge is 2.09. The van der Waals surface area contributed by atoms with Crippen molar-refractivity contribution in [2.75, 3.05) is 36.9 Å². The number of hydrogen-bond acceptors (Lipinski definition) is 5. The van der Waals surface area contributed by atoms with E-state index in [2.05, 4.69) is 34.4 Å². The van der Waals surface area contributed by atoms with E-state index in [1.54, 1.807) is 6.33 Å². The summed E-state index contributed by atoms with van der Waals surface area (Å²) in [5.74, 6) is 1.92. The summed E-state index contributed by atoms with van der Waals surface area (Å²) in [6.07, 6.45) is 5.78. The minimum atomic E-state index is 0.777. The van der Waals surface area contributed by atoms with E-state index in [0.717, 1.165) is 63.6 Å². The van der Waals surface area contributed by atoms with Crippen LogP contribution in [-0.4, -0.2) is 36.3 Å². The zero-order valence-electron chi connectivity index (χ0n) is 13.0. The van der Waals surface area contributed by atoms with Crippen LogP contribution in [0.1, 0.15) is 45.6 Å². The highest BCUT2D eigenvalue weighted by atomic mass is 16.5. The average Bonchev–Trinajstić information content (AvgIpc) is 2.47. The zero-order chi connectivity index (χ0) is 14.6. The SMILES string of the molecule is CCCNc1ncnc(NCCCOCC)c1CCC. The van der Waals surface area contributed by atoms with Crippen molar-refractivity contribution in [1.29, 1.82) is 0 Å². The van der Waals surface area contributed by atoms with Crippen LogP contribution in [-0.2, 0) is 11.2 Å². The number of nitrogens with one attached hydrogen (secondary N) is 2. The molecule has 0 amide bonds. The van der Waals surface area contributed by atoms with E-state index in [9.17, 15) is 0 Å². The number of rotatable bonds is 11. The van der Waals surface area contributed by atoms with Crippen LogP contribution >= 0.6 is 0 Å². The molecule has 0 bridgehead atoms. The Labute approximate surface area is 122 Å². The molecule has 0 fully saturated rings. The molecule has 2 N–H and O–H groups in total. The van der Waals surface area contributed by atoms with Gasteiger partial charge in [-0.1, -0.05) is 20.3 Å². The van der Waals surface area contributed by atoms with Crippen LogP contribution in [0.15, 0.2) is 6.33 Å². The van der Waals surface area contributed by atoms with Gasteiger partial charge in [0.05, 0.1) is 0 Å². The van der Waals surface area contributed by atoms with Crippen LogP contribution in [0.2, 0.25) is 0 Å². The van der Waals surface area contributed by atoms with Gasteiger partial charge in [0.2, 0.25) is 0 Å². The number of ether oxygens (including phenoxy) is 1. The topological polar surface area (TPSA) is 59.1 Å². The van der Waals surface area contributed by atoms with Crippen molar-refractivity contribution < 1.29 is 4.74 Å². The first-order valence-corrected chi connectivity index (χ1v) is 7.72. The smallest absolute Gasteiger partial charge is 0.134 e. The summed E-state index contributed by atoms with van der Waals surface area (Å²) in [5, 5.41) is 6.79. The Morgan fingerprint density at radius 3 is 2.30 bits per heavy atom. The molecule has 5 heteroatoms. The molecule has 5 nitrogen and oxygen atoms in total. The monoisotopic (exact) mass is 280 g/mol. The van der Waals surface area contributed by atoms with E-state index in [1.165, 1.54) is 5.56 Å². The Hall–Kier alpha value is -1.36. The Balaban J connectivity index is 2.62. The van der Waals surface area contributed by atoms with Crippen LogP contribution in [0.25, 0.3) is 0 Å². The third-order valence-corrected chi connectivity index (χ3v) is 2.95. The van der Waals surface area contributed by atoms with Crippen molar-refractivity contribution in [3.05, 3.63) is 11.9 Å². The van der Waals surface area contributed by atoms with Gasteiger partial charge in [-0.25, -0.2) is 9.97 Å². The first-order valence-electron chi connectivity index (χ1n) is 7.72. The van der Waals surface area contributed by atoms with E-state index in [-0.39, 0.29) is 0 Å². The van der Waals surface area contributed by atoms with Gasteiger partial charge >= 0.3 is 0 Å². The lowest BCUT2D eigenvalue weighted by molar-refractivity contribution is 0.147. The lowest BCUT2D eigenvalue weighted by Gasteiger charge is -2.14. The molecule has 1 rings (SSSR count). The van der Waals surface area contributed by atoms with E-state index in [0.29, 0.717) is 0 Å². The van der Waals surface area contributed by atoms with Crippen LogP contribution in [0, 0.1) is 0 Å². The van der Waals surface area contributed by atoms with Gasteiger partial charge in [-0.15, -0.1) is 0 Å². The van der Waals surface area contributed by atoms with Crippen molar-refractivity contribution in [3.8, 4) is 0 Å². The molecule has 0 radical (unpaired) electrons. The normalized spacial score (nSPS) is 10.6. The second-order valence-corrected chi connectivity index (χ2v) is 4.70. The third kappa shape index (κ3) is 5.74. The minimum Gasteiger partial charge on any atom is -0.382 e. The molecule has 0 atom stereocenters. The van der Waals surface area contributed by atoms with E-state index < -0.39 is 0 Å². The molecular formula is C15H28N4O. The molecule has 0 aliphatic carbocycles. The van der Waals surface area contributed by atoms with Gasteiger partial charge in [-0.2, -0.15) is 0 Å². The Kier molecular flexibility index (Phi) is 8.71. The van der Waals surface area contributed by atoms with Gasteiger partial charge in [0, 0.05) is 31.9 Å². The summed E-state index contributed by atoms with van der Waals surface area (Å²) in [6, 6.07) is 0. The highest BCUT2D eigenvalue weighted by Crippen LogP contribution is 2.21. The van der Waals surface area contributed by atoms with E-state index in [4.69, 9.17) is 4.74 Å². The summed E-state index contributed by atoms with van der Waals surface area (Å²) in [7, 11) is 0. The standard InChI is InChI=1S/C15H28N4O/c1-4-8-13-14(16-9-5-2)18-12-19-15(13)17-10-7-11-20-6-3/h12H,4-11H2,1-3H3,(H2,16,17,18,19). The lowest BCUT2D eigenvalue weighted by Crippen LogP contribution is -2.12.